The van der Waals surface area contributed by atoms with Crippen molar-refractivity contribution in [2.75, 3.05) is 34.0 Å². The summed E-state index contributed by atoms with van der Waals surface area (Å²) in [4.78, 5) is 0. The van der Waals surface area contributed by atoms with Crippen LogP contribution in [0.2, 0.25) is 0 Å². The lowest BCUT2D eigenvalue weighted by atomic mass is 9.86. The molecule has 0 fully saturated rings. The lowest BCUT2D eigenvalue weighted by Gasteiger charge is -2.24. The maximum absolute atomic E-state index is 10.1. The van der Waals surface area contributed by atoms with E-state index in [-0.39, 0.29) is 12.0 Å². The largest absolute Gasteiger partial charge is 0.497 e. The minimum Gasteiger partial charge on any atom is -0.497 e. The molecule has 132 valence electrons. The number of aliphatic hydroxyl groups excluding tert-OH is 1. The van der Waals surface area contributed by atoms with Crippen molar-refractivity contribution in [3.8, 4) is 11.5 Å². The van der Waals surface area contributed by atoms with Crippen molar-refractivity contribution in [2.45, 2.75) is 45.3 Å². The Balaban J connectivity index is 2.63. The van der Waals surface area contributed by atoms with Gasteiger partial charge in [-0.25, -0.2) is 0 Å². The Morgan fingerprint density at radius 2 is 1.87 bits per heavy atom. The van der Waals surface area contributed by atoms with Gasteiger partial charge in [-0.2, -0.15) is 0 Å². The fourth-order valence-electron chi connectivity index (χ4n) is 2.32. The first-order valence-corrected chi connectivity index (χ1v) is 8.09. The smallest absolute Gasteiger partial charge is 0.137 e. The van der Waals surface area contributed by atoms with E-state index in [2.05, 4.69) is 33.0 Å². The first kappa shape index (κ1) is 19.7. The molecule has 23 heavy (non-hydrogen) atoms. The van der Waals surface area contributed by atoms with Crippen molar-refractivity contribution in [2.24, 2.45) is 0 Å². The molecular formula is C18H32NO4+. The molecule has 0 bridgehead atoms. The summed E-state index contributed by atoms with van der Waals surface area (Å²) in [6.45, 7) is 9.98. The van der Waals surface area contributed by atoms with Crippen LogP contribution >= 0.6 is 0 Å². The van der Waals surface area contributed by atoms with Crippen LogP contribution in [0.15, 0.2) is 18.2 Å². The van der Waals surface area contributed by atoms with E-state index in [1.165, 1.54) is 0 Å². The molecule has 0 aliphatic heterocycles. The summed E-state index contributed by atoms with van der Waals surface area (Å²) < 4.78 is 16.2. The Morgan fingerprint density at radius 1 is 1.17 bits per heavy atom. The zero-order valence-electron chi connectivity index (χ0n) is 15.3. The molecule has 0 unspecified atom stereocenters. The minimum absolute atomic E-state index is 0.0616. The van der Waals surface area contributed by atoms with E-state index in [4.69, 9.17) is 14.2 Å². The van der Waals surface area contributed by atoms with Gasteiger partial charge in [0.1, 0.15) is 36.8 Å². The molecule has 0 saturated heterocycles. The number of ether oxygens (including phenoxy) is 3. The van der Waals surface area contributed by atoms with Crippen molar-refractivity contribution in [1.29, 1.82) is 0 Å². The quantitative estimate of drug-likeness (QED) is 0.719. The van der Waals surface area contributed by atoms with Gasteiger partial charge in [0.05, 0.1) is 13.7 Å². The summed E-state index contributed by atoms with van der Waals surface area (Å²) in [6, 6.07) is 6.10. The average Bonchev–Trinajstić information content (AvgIpc) is 2.50. The molecule has 1 rings (SSSR count). The molecule has 1 aromatic carbocycles. The minimum atomic E-state index is -0.524. The maximum atomic E-state index is 10.1. The van der Waals surface area contributed by atoms with Gasteiger partial charge in [0.15, 0.2) is 0 Å². The number of methoxy groups -OCH3 is 2. The predicted octanol–water partition coefficient (Wildman–Crippen LogP) is 1.33. The molecule has 5 nitrogen and oxygen atoms in total. The van der Waals surface area contributed by atoms with Gasteiger partial charge in [0, 0.05) is 12.7 Å². The van der Waals surface area contributed by atoms with Gasteiger partial charge in [-0.05, 0) is 30.5 Å². The third kappa shape index (κ3) is 6.77. The van der Waals surface area contributed by atoms with E-state index in [0.717, 1.165) is 17.1 Å². The van der Waals surface area contributed by atoms with E-state index >= 15 is 0 Å². The monoisotopic (exact) mass is 326 g/mol. The second-order valence-corrected chi connectivity index (χ2v) is 6.98. The molecule has 0 aromatic heterocycles. The van der Waals surface area contributed by atoms with Gasteiger partial charge in [0.25, 0.3) is 0 Å². The Labute approximate surface area is 139 Å². The summed E-state index contributed by atoms with van der Waals surface area (Å²) in [5, 5.41) is 12.2. The Morgan fingerprint density at radius 3 is 2.43 bits per heavy atom. The molecule has 0 amide bonds. The first-order chi connectivity index (χ1) is 10.8. The second kappa shape index (κ2) is 9.11. The zero-order valence-corrected chi connectivity index (χ0v) is 15.3. The second-order valence-electron chi connectivity index (χ2n) is 6.98. The van der Waals surface area contributed by atoms with Crippen molar-refractivity contribution in [3.63, 3.8) is 0 Å². The van der Waals surface area contributed by atoms with Crippen molar-refractivity contribution < 1.29 is 24.6 Å². The van der Waals surface area contributed by atoms with Crippen LogP contribution in [0, 0.1) is 0 Å². The highest BCUT2D eigenvalue weighted by Gasteiger charge is 2.21. The molecule has 0 saturated carbocycles. The van der Waals surface area contributed by atoms with Crippen molar-refractivity contribution in [1.82, 2.24) is 0 Å². The SMILES string of the molecule is COC[C@@H](C)[NH2+]C[C@@H](O)COc1ccc(OC)cc1C(C)(C)C. The highest BCUT2D eigenvalue weighted by molar-refractivity contribution is 5.44. The fourth-order valence-corrected chi connectivity index (χ4v) is 2.32. The van der Waals surface area contributed by atoms with Crippen LogP contribution in [-0.2, 0) is 10.2 Å². The lowest BCUT2D eigenvalue weighted by molar-refractivity contribution is -0.693. The number of aliphatic hydroxyl groups is 1. The molecule has 3 N–H and O–H groups in total. The molecule has 0 heterocycles. The summed E-state index contributed by atoms with van der Waals surface area (Å²) in [7, 11) is 3.34. The zero-order chi connectivity index (χ0) is 17.5. The number of rotatable bonds is 9. The number of nitrogens with two attached hydrogens (primary N) is 1. The summed E-state index contributed by atoms with van der Waals surface area (Å²) in [5.41, 5.74) is 1.01. The van der Waals surface area contributed by atoms with Crippen LogP contribution in [0.3, 0.4) is 0 Å². The average molecular weight is 326 g/mol. The van der Waals surface area contributed by atoms with Gasteiger partial charge in [-0.3, -0.25) is 0 Å². The van der Waals surface area contributed by atoms with Crippen LogP contribution < -0.4 is 14.8 Å². The van der Waals surface area contributed by atoms with E-state index in [1.54, 1.807) is 14.2 Å². The van der Waals surface area contributed by atoms with Gasteiger partial charge < -0.3 is 24.6 Å². The fraction of sp³-hybridized carbons (Fsp3) is 0.667. The molecule has 1 aromatic rings. The number of hydrogen-bond donors (Lipinski definition) is 2. The molecule has 0 radical (unpaired) electrons. The van der Waals surface area contributed by atoms with Crippen molar-refractivity contribution in [3.05, 3.63) is 23.8 Å². The first-order valence-electron chi connectivity index (χ1n) is 8.09. The van der Waals surface area contributed by atoms with Gasteiger partial charge in [-0.1, -0.05) is 20.8 Å². The predicted molar refractivity (Wildman–Crippen MR) is 91.3 cm³/mol. The van der Waals surface area contributed by atoms with Crippen LogP contribution in [-0.4, -0.2) is 51.2 Å². The normalized spacial score (nSPS) is 14.4. The number of hydrogen-bond acceptors (Lipinski definition) is 4. The van der Waals surface area contributed by atoms with Gasteiger partial charge >= 0.3 is 0 Å². The standard InChI is InChI=1S/C18H31NO4/c1-13(11-21-5)19-10-14(20)12-23-17-8-7-15(22-6)9-16(17)18(2,3)4/h7-9,13-14,19-20H,10-12H2,1-6H3/p+1/t13-,14-/m1/s1. The number of quaternary nitrogens is 1. The van der Waals surface area contributed by atoms with Gasteiger partial charge in [-0.15, -0.1) is 0 Å². The molecular weight excluding hydrogens is 294 g/mol. The Kier molecular flexibility index (Phi) is 7.82. The van der Waals surface area contributed by atoms with Crippen LogP contribution in [0.25, 0.3) is 0 Å². The summed E-state index contributed by atoms with van der Waals surface area (Å²) >= 11 is 0. The van der Waals surface area contributed by atoms with Crippen LogP contribution in [0.1, 0.15) is 33.3 Å². The number of benzene rings is 1. The van der Waals surface area contributed by atoms with Crippen LogP contribution in [0.5, 0.6) is 11.5 Å². The Bertz CT molecular complexity index is 471. The molecule has 5 heteroatoms. The van der Waals surface area contributed by atoms with E-state index in [9.17, 15) is 5.11 Å². The summed E-state index contributed by atoms with van der Waals surface area (Å²) in [6.07, 6.45) is -0.524. The van der Waals surface area contributed by atoms with Gasteiger partial charge in [0.2, 0.25) is 0 Å². The lowest BCUT2D eigenvalue weighted by Crippen LogP contribution is -2.92. The molecule has 0 aliphatic carbocycles. The molecule has 2 atom stereocenters. The summed E-state index contributed by atoms with van der Waals surface area (Å²) in [5.74, 6) is 1.60. The molecule has 0 spiro atoms. The van der Waals surface area contributed by atoms with E-state index < -0.39 is 6.10 Å². The highest BCUT2D eigenvalue weighted by Crippen LogP contribution is 2.34. The third-order valence-corrected chi connectivity index (χ3v) is 3.67. The highest BCUT2D eigenvalue weighted by atomic mass is 16.5. The molecule has 0 aliphatic rings. The van der Waals surface area contributed by atoms with Crippen LogP contribution in [0.4, 0.5) is 0 Å². The van der Waals surface area contributed by atoms with Crippen molar-refractivity contribution >= 4 is 0 Å². The van der Waals surface area contributed by atoms with E-state index in [1.807, 2.05) is 18.2 Å². The topological polar surface area (TPSA) is 64.5 Å². The third-order valence-electron chi connectivity index (χ3n) is 3.67. The maximum Gasteiger partial charge on any atom is 0.137 e. The Hall–Kier alpha value is -1.30. The van der Waals surface area contributed by atoms with E-state index in [0.29, 0.717) is 19.2 Å².